The highest BCUT2D eigenvalue weighted by atomic mass is 16.5. The summed E-state index contributed by atoms with van der Waals surface area (Å²) in [7, 11) is 5.08. The molecule has 0 amide bonds. The maximum Gasteiger partial charge on any atom is 0.257 e. The third-order valence-corrected chi connectivity index (χ3v) is 7.09. The number of aromatic nitrogens is 2. The van der Waals surface area contributed by atoms with Crippen molar-refractivity contribution in [3.8, 4) is 28.6 Å². The molecule has 0 spiro atoms. The van der Waals surface area contributed by atoms with Crippen molar-refractivity contribution in [1.82, 2.24) is 9.61 Å². The highest BCUT2D eigenvalue weighted by Crippen LogP contribution is 2.42. The van der Waals surface area contributed by atoms with Crippen LogP contribution in [-0.4, -0.2) is 57.2 Å². The quantitative estimate of drug-likeness (QED) is 0.444. The molecule has 182 valence electrons. The second kappa shape index (κ2) is 9.74. The van der Waals surface area contributed by atoms with Gasteiger partial charge in [-0.2, -0.15) is 0 Å². The van der Waals surface area contributed by atoms with Crippen LogP contribution >= 0.6 is 0 Å². The first kappa shape index (κ1) is 22.8. The number of pyridine rings is 1. The number of hydrogen-bond donors (Lipinski definition) is 0. The summed E-state index contributed by atoms with van der Waals surface area (Å²) >= 11 is 0. The third kappa shape index (κ3) is 4.41. The van der Waals surface area contributed by atoms with E-state index in [4.69, 9.17) is 24.0 Å². The first-order valence-electron chi connectivity index (χ1n) is 12.2. The summed E-state index contributed by atoms with van der Waals surface area (Å²) in [5, 5.41) is 4.95. The molecule has 0 N–H and O–H groups in total. The van der Waals surface area contributed by atoms with E-state index in [1.54, 1.807) is 21.3 Å². The molecule has 3 heterocycles. The van der Waals surface area contributed by atoms with Gasteiger partial charge in [0.25, 0.3) is 5.88 Å². The number of methoxy groups -OCH3 is 3. The van der Waals surface area contributed by atoms with Gasteiger partial charge < -0.3 is 23.8 Å². The molecule has 0 atom stereocenters. The van der Waals surface area contributed by atoms with Gasteiger partial charge in [-0.05, 0) is 68.2 Å². The monoisotopic (exact) mass is 465 g/mol. The molecule has 0 unspecified atom stereocenters. The number of anilines is 1. The van der Waals surface area contributed by atoms with E-state index in [2.05, 4.69) is 30.0 Å². The normalized spacial score (nSPS) is 16.6. The fourth-order valence-electron chi connectivity index (χ4n) is 5.10. The Kier molecular flexibility index (Phi) is 6.55. The van der Waals surface area contributed by atoms with Gasteiger partial charge in [0, 0.05) is 37.9 Å². The van der Waals surface area contributed by atoms with Crippen molar-refractivity contribution in [2.75, 3.05) is 52.5 Å². The van der Waals surface area contributed by atoms with Crippen molar-refractivity contribution < 1.29 is 18.9 Å². The van der Waals surface area contributed by atoms with Gasteiger partial charge >= 0.3 is 0 Å². The highest BCUT2D eigenvalue weighted by molar-refractivity contribution is 5.83. The van der Waals surface area contributed by atoms with Crippen LogP contribution in [0.4, 0.5) is 5.69 Å². The van der Waals surface area contributed by atoms with Gasteiger partial charge in [-0.1, -0.05) is 6.07 Å². The molecule has 2 aliphatic rings. The van der Waals surface area contributed by atoms with E-state index in [-0.39, 0.29) is 0 Å². The Balaban J connectivity index is 1.62. The van der Waals surface area contributed by atoms with Gasteiger partial charge in [0.2, 0.25) is 0 Å². The van der Waals surface area contributed by atoms with Crippen LogP contribution < -0.4 is 19.1 Å². The van der Waals surface area contributed by atoms with E-state index >= 15 is 0 Å². The molecule has 1 saturated carbocycles. The predicted octanol–water partition coefficient (Wildman–Crippen LogP) is 4.98. The Morgan fingerprint density at radius 2 is 1.71 bits per heavy atom. The smallest absolute Gasteiger partial charge is 0.257 e. The minimum Gasteiger partial charge on any atom is -0.497 e. The summed E-state index contributed by atoms with van der Waals surface area (Å²) in [4.78, 5) is 2.52. The predicted molar refractivity (Wildman–Crippen MR) is 134 cm³/mol. The SMILES string of the molecule is COc1cc(C)c(-c2cccc3c(N(CC4CCOCC4)CC4CC4)c(OC)nn23)c(OC)c1. The fourth-order valence-corrected chi connectivity index (χ4v) is 5.10. The van der Waals surface area contributed by atoms with E-state index in [9.17, 15) is 0 Å². The molecule has 5 rings (SSSR count). The lowest BCUT2D eigenvalue weighted by atomic mass is 9.99. The van der Waals surface area contributed by atoms with Crippen LogP contribution in [0.1, 0.15) is 31.2 Å². The molecular weight excluding hydrogens is 430 g/mol. The third-order valence-electron chi connectivity index (χ3n) is 7.09. The summed E-state index contributed by atoms with van der Waals surface area (Å²) in [5.74, 6) is 3.59. The second-order valence-corrected chi connectivity index (χ2v) is 9.49. The van der Waals surface area contributed by atoms with Gasteiger partial charge in [0.05, 0.1) is 32.5 Å². The Labute approximate surface area is 201 Å². The minimum absolute atomic E-state index is 0.624. The number of fused-ring (bicyclic) bond motifs is 1. The minimum atomic E-state index is 0.624. The molecule has 1 aromatic carbocycles. The average molecular weight is 466 g/mol. The number of rotatable bonds is 9. The van der Waals surface area contributed by atoms with Crippen LogP contribution in [0.2, 0.25) is 0 Å². The Bertz CT molecular complexity index is 1150. The van der Waals surface area contributed by atoms with Crippen LogP contribution in [0.3, 0.4) is 0 Å². The lowest BCUT2D eigenvalue weighted by molar-refractivity contribution is 0.0681. The maximum absolute atomic E-state index is 5.87. The first-order chi connectivity index (χ1) is 16.6. The number of hydrogen-bond acceptors (Lipinski definition) is 6. The lowest BCUT2D eigenvalue weighted by Crippen LogP contribution is -2.34. The molecule has 0 radical (unpaired) electrons. The average Bonchev–Trinajstić information content (AvgIpc) is 3.60. The molecule has 0 bridgehead atoms. The largest absolute Gasteiger partial charge is 0.497 e. The molecule has 7 heteroatoms. The number of benzene rings is 1. The Hall–Kier alpha value is -2.93. The van der Waals surface area contributed by atoms with E-state index in [0.717, 1.165) is 84.6 Å². The molecule has 1 saturated heterocycles. The summed E-state index contributed by atoms with van der Waals surface area (Å²) in [5.41, 5.74) is 5.18. The fraction of sp³-hybridized carbons (Fsp3) is 0.519. The summed E-state index contributed by atoms with van der Waals surface area (Å²) < 4.78 is 24.7. The summed E-state index contributed by atoms with van der Waals surface area (Å²) in [6.07, 6.45) is 4.82. The maximum atomic E-state index is 5.87. The van der Waals surface area contributed by atoms with Crippen molar-refractivity contribution in [1.29, 1.82) is 0 Å². The van der Waals surface area contributed by atoms with Crippen LogP contribution in [0, 0.1) is 18.8 Å². The molecule has 3 aromatic rings. The topological polar surface area (TPSA) is 57.5 Å². The first-order valence-corrected chi connectivity index (χ1v) is 12.2. The molecule has 1 aliphatic carbocycles. The van der Waals surface area contributed by atoms with E-state index in [1.807, 2.05) is 16.6 Å². The van der Waals surface area contributed by atoms with Gasteiger partial charge in [-0.3, -0.25) is 0 Å². The lowest BCUT2D eigenvalue weighted by Gasteiger charge is -2.31. The number of ether oxygens (including phenoxy) is 4. The Morgan fingerprint density at radius 3 is 2.35 bits per heavy atom. The van der Waals surface area contributed by atoms with Gasteiger partial charge in [-0.15, -0.1) is 5.10 Å². The second-order valence-electron chi connectivity index (χ2n) is 9.49. The van der Waals surface area contributed by atoms with Crippen molar-refractivity contribution in [3.05, 3.63) is 35.9 Å². The van der Waals surface area contributed by atoms with Crippen molar-refractivity contribution in [3.63, 3.8) is 0 Å². The van der Waals surface area contributed by atoms with Gasteiger partial charge in [0.15, 0.2) is 0 Å². The van der Waals surface area contributed by atoms with Crippen LogP contribution in [0.25, 0.3) is 16.8 Å². The standard InChI is InChI=1S/C27H35N3O4/c1-18-14-21(31-2)15-24(32-3)25(18)22-6-5-7-23-26(27(33-4)28-30(22)23)29(16-19-8-9-19)17-20-10-12-34-13-11-20/h5-7,14-15,19-20H,8-13,16-17H2,1-4H3. The molecule has 1 aliphatic heterocycles. The van der Waals surface area contributed by atoms with Crippen molar-refractivity contribution in [2.24, 2.45) is 11.8 Å². The molecule has 2 aromatic heterocycles. The summed E-state index contributed by atoms with van der Waals surface area (Å²) in [6, 6.07) is 10.3. The zero-order valence-electron chi connectivity index (χ0n) is 20.7. The van der Waals surface area contributed by atoms with Gasteiger partial charge in [-0.25, -0.2) is 4.52 Å². The van der Waals surface area contributed by atoms with E-state index in [0.29, 0.717) is 11.8 Å². The zero-order valence-corrected chi connectivity index (χ0v) is 20.7. The number of aryl methyl sites for hydroxylation is 1. The van der Waals surface area contributed by atoms with Crippen LogP contribution in [0.15, 0.2) is 30.3 Å². The molecular formula is C27H35N3O4. The van der Waals surface area contributed by atoms with Crippen molar-refractivity contribution in [2.45, 2.75) is 32.6 Å². The van der Waals surface area contributed by atoms with E-state index < -0.39 is 0 Å². The van der Waals surface area contributed by atoms with Gasteiger partial charge in [0.1, 0.15) is 17.2 Å². The molecule has 2 fully saturated rings. The van der Waals surface area contributed by atoms with E-state index in [1.165, 1.54) is 12.8 Å². The zero-order chi connectivity index (χ0) is 23.7. The molecule has 34 heavy (non-hydrogen) atoms. The molecule has 7 nitrogen and oxygen atoms in total. The van der Waals surface area contributed by atoms with Crippen LogP contribution in [0.5, 0.6) is 17.4 Å². The highest BCUT2D eigenvalue weighted by Gasteiger charge is 2.31. The van der Waals surface area contributed by atoms with Crippen LogP contribution in [-0.2, 0) is 4.74 Å². The summed E-state index contributed by atoms with van der Waals surface area (Å²) in [6.45, 7) is 5.84. The Morgan fingerprint density at radius 1 is 0.971 bits per heavy atom. The van der Waals surface area contributed by atoms with Crippen molar-refractivity contribution >= 4 is 11.2 Å². The number of nitrogens with zero attached hydrogens (tertiary/aromatic N) is 3.